The van der Waals surface area contributed by atoms with Crippen molar-refractivity contribution in [1.29, 1.82) is 0 Å². The van der Waals surface area contributed by atoms with Crippen molar-refractivity contribution in [1.82, 2.24) is 15.0 Å². The second kappa shape index (κ2) is 7.07. The standard InChI is InChI=1S/C23H20N4O2/c1-2-15-10-11-21(24-12-15)27-16(13-28)14-29-22-17(6-5-9-20(22)27)23-25-18-7-3-4-8-19(18)26-23/h2-12,16,28H,1,13-14H2,(H,25,26)/t16-/m0/s1. The highest BCUT2D eigenvalue weighted by atomic mass is 16.5. The summed E-state index contributed by atoms with van der Waals surface area (Å²) in [5, 5.41) is 9.95. The number of H-pyrrole nitrogens is 1. The molecule has 144 valence electrons. The van der Waals surface area contributed by atoms with E-state index in [0.717, 1.165) is 45.2 Å². The van der Waals surface area contributed by atoms with E-state index in [-0.39, 0.29) is 12.6 Å². The normalized spacial score (nSPS) is 15.8. The monoisotopic (exact) mass is 384 g/mol. The van der Waals surface area contributed by atoms with Crippen LogP contribution in [0, 0.1) is 0 Å². The number of aromatic amines is 1. The van der Waals surface area contributed by atoms with Crippen LogP contribution in [0.1, 0.15) is 5.56 Å². The van der Waals surface area contributed by atoms with E-state index >= 15 is 0 Å². The largest absolute Gasteiger partial charge is 0.488 e. The van der Waals surface area contributed by atoms with E-state index in [9.17, 15) is 5.11 Å². The minimum Gasteiger partial charge on any atom is -0.488 e. The maximum atomic E-state index is 9.95. The van der Waals surface area contributed by atoms with Crippen LogP contribution in [-0.4, -0.2) is 39.3 Å². The average Bonchev–Trinajstić information content (AvgIpc) is 3.22. The number of pyridine rings is 1. The van der Waals surface area contributed by atoms with Gasteiger partial charge in [0.1, 0.15) is 18.2 Å². The number of hydrogen-bond donors (Lipinski definition) is 2. The Morgan fingerprint density at radius 2 is 2.07 bits per heavy atom. The average molecular weight is 384 g/mol. The fourth-order valence-electron chi connectivity index (χ4n) is 3.69. The molecule has 2 N–H and O–H groups in total. The van der Waals surface area contributed by atoms with Gasteiger partial charge in [-0.25, -0.2) is 9.97 Å². The first-order valence-corrected chi connectivity index (χ1v) is 9.48. The maximum absolute atomic E-state index is 9.95. The second-order valence-electron chi connectivity index (χ2n) is 6.93. The summed E-state index contributed by atoms with van der Waals surface area (Å²) in [5.74, 6) is 2.23. The van der Waals surface area contributed by atoms with E-state index < -0.39 is 0 Å². The summed E-state index contributed by atoms with van der Waals surface area (Å²) in [4.78, 5) is 14.7. The SMILES string of the molecule is C=Cc1ccc(N2c3cccc(-c4nc5ccccc5[nH]4)c3OC[C@@H]2CO)nc1. The predicted molar refractivity (Wildman–Crippen MR) is 114 cm³/mol. The van der Waals surface area contributed by atoms with Gasteiger partial charge >= 0.3 is 0 Å². The molecule has 3 heterocycles. The number of nitrogens with zero attached hydrogens (tertiary/aromatic N) is 3. The number of aromatic nitrogens is 3. The van der Waals surface area contributed by atoms with Crippen molar-refractivity contribution in [3.63, 3.8) is 0 Å². The molecule has 0 fully saturated rings. The van der Waals surface area contributed by atoms with Crippen LogP contribution < -0.4 is 9.64 Å². The zero-order chi connectivity index (χ0) is 19.8. The summed E-state index contributed by atoms with van der Waals surface area (Å²) >= 11 is 0. The molecule has 2 aromatic carbocycles. The van der Waals surface area contributed by atoms with E-state index in [4.69, 9.17) is 9.72 Å². The van der Waals surface area contributed by atoms with E-state index in [2.05, 4.69) is 16.5 Å². The number of aliphatic hydroxyl groups is 1. The fraction of sp³-hybridized carbons (Fsp3) is 0.130. The van der Waals surface area contributed by atoms with Crippen molar-refractivity contribution >= 4 is 28.6 Å². The van der Waals surface area contributed by atoms with E-state index in [1.807, 2.05) is 59.5 Å². The van der Waals surface area contributed by atoms with E-state index in [1.54, 1.807) is 12.3 Å². The smallest absolute Gasteiger partial charge is 0.154 e. The molecule has 1 aliphatic heterocycles. The summed E-state index contributed by atoms with van der Waals surface area (Å²) in [5.41, 5.74) is 4.55. The van der Waals surface area contributed by atoms with Crippen molar-refractivity contribution in [3.8, 4) is 17.1 Å². The molecular formula is C23H20N4O2. The highest BCUT2D eigenvalue weighted by Gasteiger charge is 2.31. The number of benzene rings is 2. The molecule has 2 aromatic heterocycles. The zero-order valence-corrected chi connectivity index (χ0v) is 15.7. The Kier molecular flexibility index (Phi) is 4.26. The van der Waals surface area contributed by atoms with Crippen LogP contribution in [0.5, 0.6) is 5.75 Å². The molecule has 0 saturated carbocycles. The summed E-state index contributed by atoms with van der Waals surface area (Å²) in [6.45, 7) is 4.09. The number of ether oxygens (including phenoxy) is 1. The van der Waals surface area contributed by atoms with Gasteiger partial charge in [-0.05, 0) is 42.0 Å². The highest BCUT2D eigenvalue weighted by molar-refractivity contribution is 5.84. The van der Waals surface area contributed by atoms with Gasteiger partial charge in [0.2, 0.25) is 0 Å². The van der Waals surface area contributed by atoms with Crippen molar-refractivity contribution in [2.75, 3.05) is 18.1 Å². The Morgan fingerprint density at radius 1 is 1.17 bits per heavy atom. The first kappa shape index (κ1) is 17.5. The number of rotatable bonds is 4. The maximum Gasteiger partial charge on any atom is 0.154 e. The van der Waals surface area contributed by atoms with Crippen LogP contribution in [0.2, 0.25) is 0 Å². The van der Waals surface area contributed by atoms with Crippen LogP contribution >= 0.6 is 0 Å². The molecule has 1 atom stereocenters. The minimum atomic E-state index is -0.226. The molecule has 0 bridgehead atoms. The van der Waals surface area contributed by atoms with E-state index in [1.165, 1.54) is 0 Å². The molecular weight excluding hydrogens is 364 g/mol. The Labute approximate surface area is 168 Å². The van der Waals surface area contributed by atoms with E-state index in [0.29, 0.717) is 6.61 Å². The molecule has 0 spiro atoms. The molecule has 6 nitrogen and oxygen atoms in total. The van der Waals surface area contributed by atoms with Crippen LogP contribution in [0.4, 0.5) is 11.5 Å². The van der Waals surface area contributed by atoms with Crippen molar-refractivity contribution in [3.05, 3.63) is 72.9 Å². The molecule has 5 rings (SSSR count). The van der Waals surface area contributed by atoms with Crippen LogP contribution in [-0.2, 0) is 0 Å². The first-order valence-electron chi connectivity index (χ1n) is 9.48. The topological polar surface area (TPSA) is 74.3 Å². The quantitative estimate of drug-likeness (QED) is 0.553. The number of para-hydroxylation sites is 3. The van der Waals surface area contributed by atoms with Crippen molar-refractivity contribution in [2.45, 2.75) is 6.04 Å². The Hall–Kier alpha value is -3.64. The molecule has 1 aliphatic rings. The number of nitrogens with one attached hydrogen (secondary N) is 1. The lowest BCUT2D eigenvalue weighted by Gasteiger charge is -2.37. The summed E-state index contributed by atoms with van der Waals surface area (Å²) < 4.78 is 6.10. The third-order valence-electron chi connectivity index (χ3n) is 5.15. The van der Waals surface area contributed by atoms with Gasteiger partial charge in [-0.15, -0.1) is 0 Å². The second-order valence-corrected chi connectivity index (χ2v) is 6.93. The highest BCUT2D eigenvalue weighted by Crippen LogP contribution is 2.44. The number of anilines is 2. The molecule has 29 heavy (non-hydrogen) atoms. The van der Waals surface area contributed by atoms with Gasteiger partial charge in [0.15, 0.2) is 5.75 Å². The summed E-state index contributed by atoms with van der Waals surface area (Å²) in [6, 6.07) is 17.5. The molecule has 0 radical (unpaired) electrons. The minimum absolute atomic E-state index is 0.0425. The Morgan fingerprint density at radius 3 is 2.83 bits per heavy atom. The molecule has 4 aromatic rings. The molecule has 0 unspecified atom stereocenters. The van der Waals surface area contributed by atoms with Crippen molar-refractivity contribution < 1.29 is 9.84 Å². The molecule has 0 amide bonds. The van der Waals surface area contributed by atoms with Crippen molar-refractivity contribution in [2.24, 2.45) is 0 Å². The molecule has 0 saturated heterocycles. The number of fused-ring (bicyclic) bond motifs is 2. The van der Waals surface area contributed by atoms with Gasteiger partial charge in [0.05, 0.1) is 34.9 Å². The number of aliphatic hydroxyl groups excluding tert-OH is 1. The van der Waals surface area contributed by atoms with Gasteiger partial charge in [0, 0.05) is 6.20 Å². The van der Waals surface area contributed by atoms with Crippen LogP contribution in [0.3, 0.4) is 0 Å². The third-order valence-corrected chi connectivity index (χ3v) is 5.15. The Balaban J connectivity index is 1.64. The van der Waals surface area contributed by atoms with Gasteiger partial charge < -0.3 is 19.7 Å². The lowest BCUT2D eigenvalue weighted by atomic mass is 10.1. The first-order chi connectivity index (χ1) is 14.3. The molecule has 6 heteroatoms. The number of imidazole rings is 1. The summed E-state index contributed by atoms with van der Waals surface area (Å²) in [7, 11) is 0. The van der Waals surface area contributed by atoms with Gasteiger partial charge in [0.25, 0.3) is 0 Å². The van der Waals surface area contributed by atoms with Crippen LogP contribution in [0.15, 0.2) is 67.4 Å². The predicted octanol–water partition coefficient (Wildman–Crippen LogP) is 4.16. The van der Waals surface area contributed by atoms with Gasteiger partial charge in [-0.2, -0.15) is 0 Å². The zero-order valence-electron chi connectivity index (χ0n) is 15.7. The van der Waals surface area contributed by atoms with Gasteiger partial charge in [-0.3, -0.25) is 0 Å². The lowest BCUT2D eigenvalue weighted by Crippen LogP contribution is -2.43. The third kappa shape index (κ3) is 2.94. The Bertz CT molecular complexity index is 1150. The summed E-state index contributed by atoms with van der Waals surface area (Å²) in [6.07, 6.45) is 3.53. The lowest BCUT2D eigenvalue weighted by molar-refractivity contribution is 0.195. The molecule has 0 aliphatic carbocycles. The number of hydrogen-bond acceptors (Lipinski definition) is 5. The van der Waals surface area contributed by atoms with Crippen LogP contribution in [0.25, 0.3) is 28.5 Å². The van der Waals surface area contributed by atoms with Gasteiger partial charge in [-0.1, -0.05) is 30.9 Å². The fourth-order valence-corrected chi connectivity index (χ4v) is 3.69.